The lowest BCUT2D eigenvalue weighted by molar-refractivity contribution is 0.0721. The third-order valence-electron chi connectivity index (χ3n) is 5.47. The Balaban J connectivity index is 1.64. The van der Waals surface area contributed by atoms with Crippen LogP contribution < -0.4 is 0 Å². The van der Waals surface area contributed by atoms with Gasteiger partial charge < -0.3 is 4.90 Å². The number of fused-ring (bicyclic) bond motifs is 1. The summed E-state index contributed by atoms with van der Waals surface area (Å²) in [6, 6.07) is 8.05. The molecular weight excluding hydrogens is 246 g/mol. The minimum atomic E-state index is 0.239. The van der Waals surface area contributed by atoms with Gasteiger partial charge in [-0.1, -0.05) is 50.8 Å². The number of benzene rings is 1. The van der Waals surface area contributed by atoms with E-state index in [4.69, 9.17) is 0 Å². The molecule has 1 aromatic rings. The van der Waals surface area contributed by atoms with Crippen LogP contribution in [0.1, 0.15) is 67.8 Å². The molecule has 0 bridgehead atoms. The van der Waals surface area contributed by atoms with Gasteiger partial charge in [0.05, 0.1) is 0 Å². The van der Waals surface area contributed by atoms with Crippen molar-refractivity contribution in [2.24, 2.45) is 5.41 Å². The molecule has 0 spiro atoms. The molecule has 1 aromatic carbocycles. The van der Waals surface area contributed by atoms with Gasteiger partial charge in [0.15, 0.2) is 0 Å². The zero-order valence-corrected chi connectivity index (χ0v) is 12.5. The van der Waals surface area contributed by atoms with Gasteiger partial charge in [0.2, 0.25) is 0 Å². The average Bonchev–Trinajstić information content (AvgIpc) is 2.83. The quantitative estimate of drug-likeness (QED) is 0.795. The molecule has 3 rings (SSSR count). The molecule has 1 aliphatic heterocycles. The van der Waals surface area contributed by atoms with Crippen LogP contribution in [0.25, 0.3) is 0 Å². The number of rotatable bonds is 4. The van der Waals surface area contributed by atoms with Gasteiger partial charge in [0.25, 0.3) is 5.91 Å². The number of amides is 1. The second-order valence-electron chi connectivity index (χ2n) is 6.55. The molecule has 1 heterocycles. The molecule has 1 amide bonds. The summed E-state index contributed by atoms with van der Waals surface area (Å²) in [4.78, 5) is 14.4. The predicted octanol–water partition coefficient (Wildman–Crippen LogP) is 4.39. The summed E-state index contributed by atoms with van der Waals surface area (Å²) in [6.07, 6.45) is 9.32. The minimum absolute atomic E-state index is 0.239. The zero-order valence-electron chi connectivity index (χ0n) is 12.5. The zero-order chi connectivity index (χ0) is 14.0. The first kappa shape index (κ1) is 13.7. The van der Waals surface area contributed by atoms with E-state index >= 15 is 0 Å². The summed E-state index contributed by atoms with van der Waals surface area (Å²) in [5.41, 5.74) is 2.63. The van der Waals surface area contributed by atoms with Crippen molar-refractivity contribution in [1.29, 1.82) is 0 Å². The molecule has 0 radical (unpaired) electrons. The minimum Gasteiger partial charge on any atom is -0.334 e. The number of carbonyl (C=O) groups excluding carboxylic acids is 1. The van der Waals surface area contributed by atoms with Crippen molar-refractivity contribution in [2.45, 2.75) is 58.4 Å². The highest BCUT2D eigenvalue weighted by atomic mass is 16.2. The first-order valence-corrected chi connectivity index (χ1v) is 8.11. The molecule has 108 valence electrons. The second-order valence-corrected chi connectivity index (χ2v) is 6.55. The fourth-order valence-electron chi connectivity index (χ4n) is 3.95. The predicted molar refractivity (Wildman–Crippen MR) is 81.6 cm³/mol. The van der Waals surface area contributed by atoms with E-state index in [1.807, 2.05) is 18.2 Å². The highest BCUT2D eigenvalue weighted by molar-refractivity contribution is 5.98. The third-order valence-corrected chi connectivity index (χ3v) is 5.47. The maximum absolute atomic E-state index is 12.4. The van der Waals surface area contributed by atoms with Gasteiger partial charge in [-0.2, -0.15) is 0 Å². The molecule has 20 heavy (non-hydrogen) atoms. The van der Waals surface area contributed by atoms with E-state index < -0.39 is 0 Å². The highest BCUT2D eigenvalue weighted by Crippen LogP contribution is 2.42. The summed E-state index contributed by atoms with van der Waals surface area (Å²) in [6.45, 7) is 4.07. The molecule has 1 aliphatic carbocycles. The van der Waals surface area contributed by atoms with Crippen LogP contribution in [0.2, 0.25) is 0 Å². The lowest BCUT2D eigenvalue weighted by atomic mass is 9.70. The molecule has 1 fully saturated rings. The van der Waals surface area contributed by atoms with Gasteiger partial charge in [-0.25, -0.2) is 0 Å². The fraction of sp³-hybridized carbons (Fsp3) is 0.611. The largest absolute Gasteiger partial charge is 0.334 e. The van der Waals surface area contributed by atoms with Crippen LogP contribution in [0.3, 0.4) is 0 Å². The first-order valence-electron chi connectivity index (χ1n) is 8.11. The van der Waals surface area contributed by atoms with Crippen molar-refractivity contribution >= 4 is 5.91 Å². The van der Waals surface area contributed by atoms with Gasteiger partial charge in [-0.05, 0) is 36.3 Å². The third kappa shape index (κ3) is 2.48. The SMILES string of the molecule is CCC1(CCN2Cc3ccccc3C2=O)CCCCC1. The van der Waals surface area contributed by atoms with Crippen LogP contribution in [-0.4, -0.2) is 17.4 Å². The standard InChI is InChI=1S/C18H25NO/c1-2-18(10-6-3-7-11-18)12-13-19-14-15-8-4-5-9-16(15)17(19)20/h4-5,8-9H,2-3,6-7,10-14H2,1H3. The van der Waals surface area contributed by atoms with E-state index in [-0.39, 0.29) is 5.91 Å². The highest BCUT2D eigenvalue weighted by Gasteiger charge is 2.33. The molecule has 1 saturated carbocycles. The molecule has 0 unspecified atom stereocenters. The smallest absolute Gasteiger partial charge is 0.254 e. The van der Waals surface area contributed by atoms with Crippen molar-refractivity contribution in [3.8, 4) is 0 Å². The molecular formula is C18H25NO. The normalized spacial score (nSPS) is 21.1. The van der Waals surface area contributed by atoms with E-state index in [1.54, 1.807) is 0 Å². The summed E-state index contributed by atoms with van der Waals surface area (Å²) < 4.78 is 0. The second kappa shape index (κ2) is 5.59. The van der Waals surface area contributed by atoms with Crippen LogP contribution in [0.4, 0.5) is 0 Å². The Bertz CT molecular complexity index is 488. The van der Waals surface area contributed by atoms with Gasteiger partial charge in [-0.3, -0.25) is 4.79 Å². The monoisotopic (exact) mass is 271 g/mol. The lowest BCUT2D eigenvalue weighted by Crippen LogP contribution is -2.32. The van der Waals surface area contributed by atoms with E-state index in [0.717, 1.165) is 18.7 Å². The van der Waals surface area contributed by atoms with E-state index in [1.165, 1.54) is 50.5 Å². The first-order chi connectivity index (χ1) is 9.74. The average molecular weight is 271 g/mol. The van der Waals surface area contributed by atoms with Gasteiger partial charge in [-0.15, -0.1) is 0 Å². The summed E-state index contributed by atoms with van der Waals surface area (Å²) in [5.74, 6) is 0.239. The van der Waals surface area contributed by atoms with E-state index in [0.29, 0.717) is 5.41 Å². The summed E-state index contributed by atoms with van der Waals surface area (Å²) in [7, 11) is 0. The number of hydrogen-bond acceptors (Lipinski definition) is 1. The Kier molecular flexibility index (Phi) is 3.82. The Morgan fingerprint density at radius 2 is 1.90 bits per heavy atom. The molecule has 0 atom stereocenters. The van der Waals surface area contributed by atoms with E-state index in [2.05, 4.69) is 17.9 Å². The van der Waals surface area contributed by atoms with Crippen molar-refractivity contribution < 1.29 is 4.79 Å². The van der Waals surface area contributed by atoms with Crippen LogP contribution >= 0.6 is 0 Å². The van der Waals surface area contributed by atoms with Gasteiger partial charge in [0, 0.05) is 18.7 Å². The van der Waals surface area contributed by atoms with Crippen molar-refractivity contribution in [3.05, 3.63) is 35.4 Å². The topological polar surface area (TPSA) is 20.3 Å². The Hall–Kier alpha value is -1.31. The Labute approximate surface area is 122 Å². The van der Waals surface area contributed by atoms with Crippen molar-refractivity contribution in [2.75, 3.05) is 6.54 Å². The van der Waals surface area contributed by atoms with Gasteiger partial charge in [0.1, 0.15) is 0 Å². The van der Waals surface area contributed by atoms with Gasteiger partial charge >= 0.3 is 0 Å². The maximum Gasteiger partial charge on any atom is 0.254 e. The number of hydrogen-bond donors (Lipinski definition) is 0. The Morgan fingerprint density at radius 1 is 1.15 bits per heavy atom. The summed E-state index contributed by atoms with van der Waals surface area (Å²) >= 11 is 0. The maximum atomic E-state index is 12.4. The number of carbonyl (C=O) groups is 1. The Morgan fingerprint density at radius 3 is 2.60 bits per heavy atom. The van der Waals surface area contributed by atoms with Crippen LogP contribution in [0.15, 0.2) is 24.3 Å². The molecule has 2 aliphatic rings. The van der Waals surface area contributed by atoms with Crippen molar-refractivity contribution in [3.63, 3.8) is 0 Å². The molecule has 2 nitrogen and oxygen atoms in total. The van der Waals surface area contributed by atoms with E-state index in [9.17, 15) is 4.79 Å². The molecule has 0 saturated heterocycles. The van der Waals surface area contributed by atoms with Crippen molar-refractivity contribution in [1.82, 2.24) is 4.90 Å². The van der Waals surface area contributed by atoms with Crippen LogP contribution in [0, 0.1) is 5.41 Å². The fourth-order valence-corrected chi connectivity index (χ4v) is 3.95. The molecule has 0 N–H and O–H groups in total. The van der Waals surface area contributed by atoms with Crippen LogP contribution in [-0.2, 0) is 6.54 Å². The molecule has 0 aromatic heterocycles. The number of nitrogens with zero attached hydrogens (tertiary/aromatic N) is 1. The lowest BCUT2D eigenvalue weighted by Gasteiger charge is -2.37. The molecule has 2 heteroatoms. The van der Waals surface area contributed by atoms with Crippen LogP contribution in [0.5, 0.6) is 0 Å². The summed E-state index contributed by atoms with van der Waals surface area (Å²) in [5, 5.41) is 0.